The molecule has 0 saturated carbocycles. The molecule has 2 heterocycles. The van der Waals surface area contributed by atoms with E-state index in [-0.39, 0.29) is 12.0 Å². The van der Waals surface area contributed by atoms with Gasteiger partial charge in [0.25, 0.3) is 0 Å². The van der Waals surface area contributed by atoms with Gasteiger partial charge in [-0.2, -0.15) is 0 Å². The van der Waals surface area contributed by atoms with Gasteiger partial charge in [-0.3, -0.25) is 9.69 Å². The summed E-state index contributed by atoms with van der Waals surface area (Å²) in [5.41, 5.74) is -0.0920. The van der Waals surface area contributed by atoms with Gasteiger partial charge >= 0.3 is 6.09 Å². The van der Waals surface area contributed by atoms with Gasteiger partial charge < -0.3 is 19.7 Å². The maximum Gasteiger partial charge on any atom is 0.410 e. The van der Waals surface area contributed by atoms with Crippen LogP contribution >= 0.6 is 11.6 Å². The number of hydrogen-bond acceptors (Lipinski definition) is 5. The summed E-state index contributed by atoms with van der Waals surface area (Å²) in [5.74, 6) is 0.0535. The molecule has 0 radical (unpaired) electrons. The summed E-state index contributed by atoms with van der Waals surface area (Å²) in [4.78, 5) is 29.5. The fraction of sp³-hybridized carbons (Fsp3) is 0.667. The van der Waals surface area contributed by atoms with Crippen LogP contribution in [0.1, 0.15) is 45.6 Å². The molecule has 0 aromatic heterocycles. The van der Waals surface area contributed by atoms with Crippen LogP contribution in [-0.4, -0.2) is 79.9 Å². The zero-order valence-electron chi connectivity index (χ0n) is 19.5. The van der Waals surface area contributed by atoms with Gasteiger partial charge in [0.2, 0.25) is 5.91 Å². The molecule has 1 aromatic rings. The molecule has 0 atom stereocenters. The first-order valence-electron chi connectivity index (χ1n) is 11.5. The van der Waals surface area contributed by atoms with E-state index in [1.165, 1.54) is 0 Å². The van der Waals surface area contributed by atoms with Crippen molar-refractivity contribution in [3.8, 4) is 0 Å². The Morgan fingerprint density at radius 2 is 1.84 bits per heavy atom. The number of hydrogen-bond donors (Lipinski definition) is 1. The lowest BCUT2D eigenvalue weighted by Crippen LogP contribution is -2.51. The van der Waals surface area contributed by atoms with Gasteiger partial charge in [0, 0.05) is 51.0 Å². The van der Waals surface area contributed by atoms with E-state index >= 15 is 0 Å². The molecule has 2 aliphatic heterocycles. The van der Waals surface area contributed by atoms with Crippen LogP contribution in [0, 0.1) is 0 Å². The first-order valence-corrected chi connectivity index (χ1v) is 11.9. The first-order chi connectivity index (χ1) is 15.2. The Morgan fingerprint density at radius 3 is 2.47 bits per heavy atom. The molecular formula is C24H36ClN3O4. The number of carbonyl (C=O) groups is 2. The average molecular weight is 466 g/mol. The molecular weight excluding hydrogens is 430 g/mol. The second-order valence-corrected chi connectivity index (χ2v) is 10.1. The van der Waals surface area contributed by atoms with E-state index in [9.17, 15) is 9.59 Å². The summed E-state index contributed by atoms with van der Waals surface area (Å²) in [7, 11) is 0. The van der Waals surface area contributed by atoms with Gasteiger partial charge in [0.15, 0.2) is 0 Å². The van der Waals surface area contributed by atoms with Gasteiger partial charge in [-0.15, -0.1) is 0 Å². The number of amides is 2. The minimum absolute atomic E-state index is 0.0535. The highest BCUT2D eigenvalue weighted by Crippen LogP contribution is 2.36. The van der Waals surface area contributed by atoms with Gasteiger partial charge in [0.1, 0.15) is 5.60 Å². The van der Waals surface area contributed by atoms with E-state index in [0.29, 0.717) is 50.7 Å². The van der Waals surface area contributed by atoms with Gasteiger partial charge in [-0.25, -0.2) is 4.79 Å². The van der Waals surface area contributed by atoms with Crippen LogP contribution in [-0.2, 0) is 19.7 Å². The van der Waals surface area contributed by atoms with Crippen molar-refractivity contribution in [2.75, 3.05) is 52.5 Å². The fourth-order valence-corrected chi connectivity index (χ4v) is 4.50. The van der Waals surface area contributed by atoms with Crippen LogP contribution in [0.2, 0.25) is 5.02 Å². The molecule has 0 bridgehead atoms. The molecule has 3 rings (SSSR count). The van der Waals surface area contributed by atoms with Crippen LogP contribution in [0.4, 0.5) is 4.79 Å². The molecule has 2 fully saturated rings. The molecule has 8 heteroatoms. The van der Waals surface area contributed by atoms with Gasteiger partial charge in [-0.05, 0) is 64.3 Å². The number of carbonyl (C=O) groups excluding carboxylic acids is 2. The molecule has 2 aliphatic rings. The second-order valence-electron chi connectivity index (χ2n) is 9.62. The molecule has 0 spiro atoms. The van der Waals surface area contributed by atoms with E-state index in [1.54, 1.807) is 4.90 Å². The van der Waals surface area contributed by atoms with E-state index in [0.717, 1.165) is 31.6 Å². The third kappa shape index (κ3) is 6.59. The number of nitrogens with one attached hydrogen (secondary N) is 1. The highest BCUT2D eigenvalue weighted by Gasteiger charge is 2.41. The van der Waals surface area contributed by atoms with Crippen LogP contribution in [0.5, 0.6) is 0 Å². The minimum Gasteiger partial charge on any atom is -0.444 e. The Hall–Kier alpha value is -1.83. The molecule has 7 nitrogen and oxygen atoms in total. The smallest absolute Gasteiger partial charge is 0.410 e. The van der Waals surface area contributed by atoms with Crippen molar-refractivity contribution in [3.05, 3.63) is 34.9 Å². The van der Waals surface area contributed by atoms with Gasteiger partial charge in [0.05, 0.1) is 5.41 Å². The molecule has 1 aromatic carbocycles. The molecule has 0 aliphatic carbocycles. The largest absolute Gasteiger partial charge is 0.444 e. The Bertz CT molecular complexity index is 782. The third-order valence-corrected chi connectivity index (χ3v) is 6.35. The third-order valence-electron chi connectivity index (χ3n) is 6.12. The lowest BCUT2D eigenvalue weighted by atomic mass is 9.73. The molecule has 1 N–H and O–H groups in total. The fourth-order valence-electron chi connectivity index (χ4n) is 4.31. The standard InChI is InChI=1S/C24H36ClN3O4/c1-23(2,3)32-22(30)28-14-12-27(13-15-28)11-5-10-26-21(29)24(8-16-31-17-9-24)19-6-4-7-20(25)18-19/h4,6-7,18H,5,8-17H2,1-3H3,(H,26,29). The second kappa shape index (κ2) is 10.9. The first kappa shape index (κ1) is 24.8. The molecule has 0 unspecified atom stereocenters. The van der Waals surface area contributed by atoms with Crippen molar-refractivity contribution >= 4 is 23.6 Å². The molecule has 178 valence electrons. The molecule has 2 saturated heterocycles. The highest BCUT2D eigenvalue weighted by atomic mass is 35.5. The Labute approximate surface area is 196 Å². The lowest BCUT2D eigenvalue weighted by molar-refractivity contribution is -0.130. The number of benzene rings is 1. The van der Waals surface area contributed by atoms with Crippen molar-refractivity contribution < 1.29 is 19.1 Å². The van der Waals surface area contributed by atoms with Crippen molar-refractivity contribution in [2.24, 2.45) is 0 Å². The zero-order chi connectivity index (χ0) is 23.2. The monoisotopic (exact) mass is 465 g/mol. The SMILES string of the molecule is CC(C)(C)OC(=O)N1CCN(CCCNC(=O)C2(c3cccc(Cl)c3)CCOCC2)CC1. The normalized spacial score (nSPS) is 19.4. The Kier molecular flexibility index (Phi) is 8.42. The van der Waals surface area contributed by atoms with Crippen LogP contribution < -0.4 is 5.32 Å². The van der Waals surface area contributed by atoms with E-state index in [1.807, 2.05) is 45.0 Å². The van der Waals surface area contributed by atoms with Crippen LogP contribution in [0.3, 0.4) is 0 Å². The highest BCUT2D eigenvalue weighted by molar-refractivity contribution is 6.30. The maximum absolute atomic E-state index is 13.2. The summed E-state index contributed by atoms with van der Waals surface area (Å²) >= 11 is 6.20. The number of ether oxygens (including phenoxy) is 2. The summed E-state index contributed by atoms with van der Waals surface area (Å²) in [5, 5.41) is 3.80. The van der Waals surface area contributed by atoms with Gasteiger partial charge in [-0.1, -0.05) is 23.7 Å². The van der Waals surface area contributed by atoms with E-state index in [4.69, 9.17) is 21.1 Å². The number of rotatable bonds is 6. The molecule has 32 heavy (non-hydrogen) atoms. The zero-order valence-corrected chi connectivity index (χ0v) is 20.2. The molecule has 2 amide bonds. The van der Waals surface area contributed by atoms with Crippen LogP contribution in [0.15, 0.2) is 24.3 Å². The Morgan fingerprint density at radius 1 is 1.16 bits per heavy atom. The summed E-state index contributed by atoms with van der Waals surface area (Å²) < 4.78 is 11.0. The maximum atomic E-state index is 13.2. The van der Waals surface area contributed by atoms with Crippen molar-refractivity contribution in [1.29, 1.82) is 0 Å². The van der Waals surface area contributed by atoms with E-state index in [2.05, 4.69) is 10.2 Å². The number of piperazine rings is 1. The predicted octanol–water partition coefficient (Wildman–Crippen LogP) is 3.45. The number of nitrogens with zero attached hydrogens (tertiary/aromatic N) is 2. The topological polar surface area (TPSA) is 71.1 Å². The van der Waals surface area contributed by atoms with Crippen molar-refractivity contribution in [2.45, 2.75) is 51.0 Å². The van der Waals surface area contributed by atoms with Crippen LogP contribution in [0.25, 0.3) is 0 Å². The summed E-state index contributed by atoms with van der Waals surface area (Å²) in [6.45, 7) is 11.3. The minimum atomic E-state index is -0.581. The number of halogens is 1. The summed E-state index contributed by atoms with van der Waals surface area (Å²) in [6.07, 6.45) is 1.94. The van der Waals surface area contributed by atoms with Crippen molar-refractivity contribution in [3.63, 3.8) is 0 Å². The quantitative estimate of drug-likeness (QED) is 0.651. The average Bonchev–Trinajstić information content (AvgIpc) is 2.76. The lowest BCUT2D eigenvalue weighted by Gasteiger charge is -2.37. The predicted molar refractivity (Wildman–Crippen MR) is 125 cm³/mol. The summed E-state index contributed by atoms with van der Waals surface area (Å²) in [6, 6.07) is 7.62. The van der Waals surface area contributed by atoms with E-state index < -0.39 is 11.0 Å². The van der Waals surface area contributed by atoms with Crippen molar-refractivity contribution in [1.82, 2.24) is 15.1 Å². The Balaban J connectivity index is 1.44.